The third-order valence-electron chi connectivity index (χ3n) is 4.10. The molecule has 1 aliphatic heterocycles. The fourth-order valence-electron chi connectivity index (χ4n) is 2.74. The van der Waals surface area contributed by atoms with Crippen molar-refractivity contribution in [3.8, 4) is 0 Å². The zero-order chi connectivity index (χ0) is 17.8. The van der Waals surface area contributed by atoms with Gasteiger partial charge in [-0.3, -0.25) is 14.6 Å². The van der Waals surface area contributed by atoms with Crippen LogP contribution in [-0.2, 0) is 4.79 Å². The Bertz CT molecular complexity index is 788. The molecule has 0 saturated carbocycles. The normalized spacial score (nSPS) is 14.3. The summed E-state index contributed by atoms with van der Waals surface area (Å²) >= 11 is 5.99. The summed E-state index contributed by atoms with van der Waals surface area (Å²) in [6, 6.07) is 10.9. The first-order valence-corrected chi connectivity index (χ1v) is 8.44. The number of hydrogen-bond donors (Lipinski definition) is 1. The lowest BCUT2D eigenvalue weighted by molar-refractivity contribution is -0.130. The van der Waals surface area contributed by atoms with Crippen molar-refractivity contribution in [3.63, 3.8) is 0 Å². The van der Waals surface area contributed by atoms with Crippen LogP contribution in [0.5, 0.6) is 0 Å². The van der Waals surface area contributed by atoms with Crippen LogP contribution < -0.4 is 5.32 Å². The summed E-state index contributed by atoms with van der Waals surface area (Å²) in [6.07, 6.45) is 1.60. The second-order valence-corrected chi connectivity index (χ2v) is 6.30. The molecule has 2 aromatic rings. The summed E-state index contributed by atoms with van der Waals surface area (Å²) in [5.41, 5.74) is 1.98. The average Bonchev–Trinajstić information content (AvgIpc) is 2.61. The molecule has 1 fully saturated rings. The number of carbonyl (C=O) groups is 2. The van der Waals surface area contributed by atoms with Crippen LogP contribution >= 0.6 is 11.6 Å². The Kier molecular flexibility index (Phi) is 5.19. The fourth-order valence-corrected chi connectivity index (χ4v) is 2.93. The van der Waals surface area contributed by atoms with Gasteiger partial charge in [0, 0.05) is 55.7 Å². The van der Waals surface area contributed by atoms with Crippen molar-refractivity contribution in [1.29, 1.82) is 0 Å². The van der Waals surface area contributed by atoms with Crippen molar-refractivity contribution in [2.24, 2.45) is 0 Å². The molecule has 0 unspecified atom stereocenters. The Morgan fingerprint density at radius 3 is 2.40 bits per heavy atom. The number of rotatable bonds is 3. The van der Waals surface area contributed by atoms with E-state index in [1.165, 1.54) is 0 Å². The number of piperazine rings is 1. The van der Waals surface area contributed by atoms with Gasteiger partial charge in [-0.1, -0.05) is 17.7 Å². The standard InChI is InChI=1S/C18H19ClN4O2/c1-13(24)22-7-9-23(10-8-22)18(25)17-12-16(5-6-20-17)21-15-4-2-3-14(19)11-15/h2-6,11-12H,7-10H2,1H3,(H,20,21). The van der Waals surface area contributed by atoms with E-state index >= 15 is 0 Å². The van der Waals surface area contributed by atoms with Crippen molar-refractivity contribution in [3.05, 3.63) is 53.3 Å². The van der Waals surface area contributed by atoms with E-state index < -0.39 is 0 Å². The molecule has 0 radical (unpaired) electrons. The maximum Gasteiger partial charge on any atom is 0.272 e. The molecule has 2 heterocycles. The predicted octanol–water partition coefficient (Wildman–Crippen LogP) is 2.78. The van der Waals surface area contributed by atoms with E-state index in [9.17, 15) is 9.59 Å². The maximum atomic E-state index is 12.6. The second kappa shape index (κ2) is 7.53. The van der Waals surface area contributed by atoms with Gasteiger partial charge >= 0.3 is 0 Å². The summed E-state index contributed by atoms with van der Waals surface area (Å²) in [6.45, 7) is 3.70. The molecule has 1 saturated heterocycles. The smallest absolute Gasteiger partial charge is 0.272 e. The SMILES string of the molecule is CC(=O)N1CCN(C(=O)c2cc(Nc3cccc(Cl)c3)ccn2)CC1. The lowest BCUT2D eigenvalue weighted by Gasteiger charge is -2.34. The first kappa shape index (κ1) is 17.2. The highest BCUT2D eigenvalue weighted by molar-refractivity contribution is 6.30. The minimum Gasteiger partial charge on any atom is -0.355 e. The molecule has 1 aromatic heterocycles. The molecule has 6 nitrogen and oxygen atoms in total. The molecule has 3 rings (SSSR count). The van der Waals surface area contributed by atoms with Gasteiger partial charge in [0.15, 0.2) is 0 Å². The van der Waals surface area contributed by atoms with E-state index in [4.69, 9.17) is 11.6 Å². The molecule has 1 aromatic carbocycles. The largest absolute Gasteiger partial charge is 0.355 e. The van der Waals surface area contributed by atoms with E-state index in [2.05, 4.69) is 10.3 Å². The first-order valence-electron chi connectivity index (χ1n) is 8.06. The molecule has 0 spiro atoms. The van der Waals surface area contributed by atoms with Gasteiger partial charge in [0.1, 0.15) is 5.69 Å². The topological polar surface area (TPSA) is 65.5 Å². The highest BCUT2D eigenvalue weighted by atomic mass is 35.5. The number of pyridine rings is 1. The minimum absolute atomic E-state index is 0.0398. The molecule has 25 heavy (non-hydrogen) atoms. The zero-order valence-corrected chi connectivity index (χ0v) is 14.7. The Balaban J connectivity index is 1.69. The van der Waals surface area contributed by atoms with Crippen LogP contribution in [0.15, 0.2) is 42.6 Å². The third-order valence-corrected chi connectivity index (χ3v) is 4.34. The Hall–Kier alpha value is -2.60. The zero-order valence-electron chi connectivity index (χ0n) is 13.9. The van der Waals surface area contributed by atoms with Crippen LogP contribution in [0.1, 0.15) is 17.4 Å². The van der Waals surface area contributed by atoms with Crippen LogP contribution in [0.4, 0.5) is 11.4 Å². The van der Waals surface area contributed by atoms with Gasteiger partial charge in [-0.05, 0) is 30.3 Å². The highest BCUT2D eigenvalue weighted by Crippen LogP contribution is 2.20. The number of nitrogens with one attached hydrogen (secondary N) is 1. The average molecular weight is 359 g/mol. The predicted molar refractivity (Wildman–Crippen MR) is 97.1 cm³/mol. The Morgan fingerprint density at radius 1 is 1.04 bits per heavy atom. The minimum atomic E-state index is -0.127. The van der Waals surface area contributed by atoms with Gasteiger partial charge in [0.2, 0.25) is 5.91 Å². The van der Waals surface area contributed by atoms with Crippen LogP contribution in [0.25, 0.3) is 0 Å². The number of hydrogen-bond acceptors (Lipinski definition) is 4. The van der Waals surface area contributed by atoms with Crippen molar-refractivity contribution < 1.29 is 9.59 Å². The van der Waals surface area contributed by atoms with Crippen molar-refractivity contribution >= 4 is 34.8 Å². The molecular formula is C18H19ClN4O2. The molecule has 1 aliphatic rings. The molecule has 0 aliphatic carbocycles. The molecular weight excluding hydrogens is 340 g/mol. The quantitative estimate of drug-likeness (QED) is 0.916. The van der Waals surface area contributed by atoms with Crippen LogP contribution in [0, 0.1) is 0 Å². The number of amides is 2. The molecule has 7 heteroatoms. The second-order valence-electron chi connectivity index (χ2n) is 5.86. The number of nitrogens with zero attached hydrogens (tertiary/aromatic N) is 3. The monoisotopic (exact) mass is 358 g/mol. The summed E-state index contributed by atoms with van der Waals surface area (Å²) in [5.74, 6) is -0.0871. The molecule has 130 valence electrons. The van der Waals surface area contributed by atoms with Gasteiger partial charge in [-0.25, -0.2) is 0 Å². The van der Waals surface area contributed by atoms with Gasteiger partial charge in [-0.2, -0.15) is 0 Å². The van der Waals surface area contributed by atoms with E-state index in [1.807, 2.05) is 18.2 Å². The summed E-state index contributed by atoms with van der Waals surface area (Å²) in [4.78, 5) is 31.7. The van der Waals surface area contributed by atoms with E-state index in [0.717, 1.165) is 11.4 Å². The number of benzene rings is 1. The van der Waals surface area contributed by atoms with E-state index in [-0.39, 0.29) is 11.8 Å². The fraction of sp³-hybridized carbons (Fsp3) is 0.278. The summed E-state index contributed by atoms with van der Waals surface area (Å²) in [5, 5.41) is 3.85. The van der Waals surface area contributed by atoms with E-state index in [0.29, 0.717) is 36.9 Å². The Morgan fingerprint density at radius 2 is 1.72 bits per heavy atom. The van der Waals surface area contributed by atoms with E-state index in [1.54, 1.807) is 41.1 Å². The van der Waals surface area contributed by atoms with Gasteiger partial charge in [0.25, 0.3) is 5.91 Å². The first-order chi connectivity index (χ1) is 12.0. The maximum absolute atomic E-state index is 12.6. The van der Waals surface area contributed by atoms with Crippen molar-refractivity contribution in [1.82, 2.24) is 14.8 Å². The number of halogens is 1. The molecule has 1 N–H and O–H groups in total. The van der Waals surface area contributed by atoms with Crippen LogP contribution in [-0.4, -0.2) is 52.8 Å². The van der Waals surface area contributed by atoms with Gasteiger partial charge < -0.3 is 15.1 Å². The Labute approximate surface area is 151 Å². The van der Waals surface area contributed by atoms with Crippen molar-refractivity contribution in [2.45, 2.75) is 6.92 Å². The summed E-state index contributed by atoms with van der Waals surface area (Å²) in [7, 11) is 0. The molecule has 2 amide bonds. The highest BCUT2D eigenvalue weighted by Gasteiger charge is 2.24. The summed E-state index contributed by atoms with van der Waals surface area (Å²) < 4.78 is 0. The molecule has 0 bridgehead atoms. The number of anilines is 2. The number of carbonyl (C=O) groups excluding carboxylic acids is 2. The van der Waals surface area contributed by atoms with Crippen LogP contribution in [0.2, 0.25) is 5.02 Å². The lowest BCUT2D eigenvalue weighted by Crippen LogP contribution is -2.50. The lowest BCUT2D eigenvalue weighted by atomic mass is 10.2. The number of aromatic nitrogens is 1. The van der Waals surface area contributed by atoms with Gasteiger partial charge in [0.05, 0.1) is 0 Å². The van der Waals surface area contributed by atoms with Crippen molar-refractivity contribution in [2.75, 3.05) is 31.5 Å². The van der Waals surface area contributed by atoms with Gasteiger partial charge in [-0.15, -0.1) is 0 Å². The van der Waals surface area contributed by atoms with Crippen LogP contribution in [0.3, 0.4) is 0 Å². The third kappa shape index (κ3) is 4.28. The molecule has 0 atom stereocenters.